The molecule has 1 fully saturated rings. The Kier molecular flexibility index (Phi) is 5.92. The van der Waals surface area contributed by atoms with Crippen LogP contribution >= 0.6 is 23.1 Å². The molecule has 6 nitrogen and oxygen atoms in total. The second-order valence-corrected chi connectivity index (χ2v) is 8.81. The van der Waals surface area contributed by atoms with Gasteiger partial charge in [0.1, 0.15) is 5.75 Å². The molecule has 2 amide bonds. The first-order valence-electron chi connectivity index (χ1n) is 9.26. The number of amides is 2. The van der Waals surface area contributed by atoms with Crippen molar-refractivity contribution in [2.24, 2.45) is 0 Å². The highest BCUT2D eigenvalue weighted by molar-refractivity contribution is 8.18. The quantitative estimate of drug-likeness (QED) is 0.508. The van der Waals surface area contributed by atoms with Crippen LogP contribution in [0.1, 0.15) is 20.8 Å². The van der Waals surface area contributed by atoms with Crippen molar-refractivity contribution in [2.45, 2.75) is 6.54 Å². The van der Waals surface area contributed by atoms with Crippen LogP contribution in [0.5, 0.6) is 5.75 Å². The van der Waals surface area contributed by atoms with Crippen LogP contribution in [0.4, 0.5) is 4.79 Å². The molecule has 0 saturated carbocycles. The summed E-state index contributed by atoms with van der Waals surface area (Å²) in [6.07, 6.45) is 1.70. The van der Waals surface area contributed by atoms with Gasteiger partial charge in [0, 0.05) is 9.75 Å². The monoisotopic (exact) mass is 451 g/mol. The molecule has 0 bridgehead atoms. The van der Waals surface area contributed by atoms with Crippen molar-refractivity contribution in [3.8, 4) is 16.2 Å². The van der Waals surface area contributed by atoms with Gasteiger partial charge in [-0.05, 0) is 65.4 Å². The summed E-state index contributed by atoms with van der Waals surface area (Å²) in [7, 11) is 1.58. The minimum absolute atomic E-state index is 0.198. The number of nitrogens with zero attached hydrogens (tertiary/aromatic N) is 1. The molecule has 2 aromatic carbocycles. The number of thioether (sulfide) groups is 1. The Bertz CT molecular complexity index is 1200. The number of carbonyl (C=O) groups is 3. The smallest absolute Gasteiger partial charge is 0.335 e. The Morgan fingerprint density at radius 3 is 2.58 bits per heavy atom. The molecule has 0 atom stereocenters. The number of benzene rings is 2. The zero-order chi connectivity index (χ0) is 22.0. The third kappa shape index (κ3) is 4.55. The molecule has 3 aromatic rings. The lowest BCUT2D eigenvalue weighted by molar-refractivity contribution is -0.123. The van der Waals surface area contributed by atoms with E-state index in [1.807, 2.05) is 30.3 Å². The predicted octanol–water partition coefficient (Wildman–Crippen LogP) is 5.36. The standard InChI is InChI=1S/C23H17NO5S2/c1-29-17-7-5-14(6-8-17)13-24-21(25)20(31-23(24)28)12-18-9-10-19(30-18)15-3-2-4-16(11-15)22(26)27/h2-12H,13H2,1H3,(H,26,27)/b20-12-. The summed E-state index contributed by atoms with van der Waals surface area (Å²) in [5.41, 5.74) is 1.84. The van der Waals surface area contributed by atoms with Gasteiger partial charge in [-0.1, -0.05) is 24.3 Å². The number of carbonyl (C=O) groups excluding carboxylic acids is 2. The summed E-state index contributed by atoms with van der Waals surface area (Å²) in [5, 5.41) is 8.87. The van der Waals surface area contributed by atoms with Crippen molar-refractivity contribution < 1.29 is 24.2 Å². The van der Waals surface area contributed by atoms with E-state index in [0.717, 1.165) is 32.6 Å². The third-order valence-corrected chi connectivity index (χ3v) is 6.66. The number of aromatic carboxylic acids is 1. The Morgan fingerprint density at radius 2 is 1.87 bits per heavy atom. The van der Waals surface area contributed by atoms with Crippen molar-refractivity contribution >= 4 is 46.3 Å². The van der Waals surface area contributed by atoms with Crippen LogP contribution in [0.2, 0.25) is 0 Å². The van der Waals surface area contributed by atoms with Gasteiger partial charge in [-0.25, -0.2) is 4.79 Å². The van der Waals surface area contributed by atoms with E-state index >= 15 is 0 Å². The largest absolute Gasteiger partial charge is 0.497 e. The summed E-state index contributed by atoms with van der Waals surface area (Å²) >= 11 is 2.34. The highest BCUT2D eigenvalue weighted by atomic mass is 32.2. The summed E-state index contributed by atoms with van der Waals surface area (Å²) in [6.45, 7) is 0.198. The fourth-order valence-electron chi connectivity index (χ4n) is 3.07. The SMILES string of the molecule is COc1ccc(CN2C(=O)S/C(=C\c3ccc(-c4cccc(C(=O)O)c4)s3)C2=O)cc1. The second kappa shape index (κ2) is 8.79. The maximum absolute atomic E-state index is 12.8. The molecule has 0 spiro atoms. The molecule has 31 heavy (non-hydrogen) atoms. The Hall–Kier alpha value is -3.36. The average Bonchev–Trinajstić information content (AvgIpc) is 3.35. The molecule has 4 rings (SSSR count). The van der Waals surface area contributed by atoms with Crippen LogP contribution in [0.15, 0.2) is 65.6 Å². The highest BCUT2D eigenvalue weighted by Crippen LogP contribution is 2.36. The number of hydrogen-bond acceptors (Lipinski definition) is 6. The number of carboxylic acid groups (broad SMARTS) is 1. The van der Waals surface area contributed by atoms with E-state index in [1.165, 1.54) is 16.2 Å². The summed E-state index contributed by atoms with van der Waals surface area (Å²) in [6, 6.07) is 17.6. The molecule has 1 saturated heterocycles. The van der Waals surface area contributed by atoms with Crippen molar-refractivity contribution in [3.63, 3.8) is 0 Å². The molecule has 8 heteroatoms. The minimum atomic E-state index is -0.982. The molecule has 1 aliphatic heterocycles. The van der Waals surface area contributed by atoms with Crippen LogP contribution in [0.3, 0.4) is 0 Å². The molecule has 0 unspecified atom stereocenters. The zero-order valence-corrected chi connectivity index (χ0v) is 18.0. The van der Waals surface area contributed by atoms with Crippen molar-refractivity contribution in [1.82, 2.24) is 4.90 Å². The lowest BCUT2D eigenvalue weighted by atomic mass is 10.1. The Balaban J connectivity index is 1.52. The third-order valence-electron chi connectivity index (χ3n) is 4.67. The Morgan fingerprint density at radius 1 is 1.10 bits per heavy atom. The zero-order valence-electron chi connectivity index (χ0n) is 16.4. The van der Waals surface area contributed by atoms with Gasteiger partial charge in [0.2, 0.25) is 0 Å². The molecular formula is C23H17NO5S2. The van der Waals surface area contributed by atoms with E-state index in [0.29, 0.717) is 10.7 Å². The number of ether oxygens (including phenoxy) is 1. The van der Waals surface area contributed by atoms with Gasteiger partial charge < -0.3 is 9.84 Å². The van der Waals surface area contributed by atoms with Crippen LogP contribution in [-0.4, -0.2) is 34.2 Å². The van der Waals surface area contributed by atoms with E-state index in [9.17, 15) is 19.5 Å². The molecule has 2 heterocycles. The van der Waals surface area contributed by atoms with Crippen LogP contribution in [-0.2, 0) is 11.3 Å². The Labute approximate surface area is 186 Å². The maximum Gasteiger partial charge on any atom is 0.335 e. The van der Waals surface area contributed by atoms with Crippen LogP contribution in [0.25, 0.3) is 16.5 Å². The molecule has 0 radical (unpaired) electrons. The van der Waals surface area contributed by atoms with Crippen molar-refractivity contribution in [2.75, 3.05) is 7.11 Å². The number of imide groups is 1. The van der Waals surface area contributed by atoms with Gasteiger partial charge in [0.05, 0.1) is 24.1 Å². The normalized spacial score (nSPS) is 15.0. The molecule has 0 aliphatic carbocycles. The summed E-state index contributed by atoms with van der Waals surface area (Å²) in [5.74, 6) is -0.599. The number of methoxy groups -OCH3 is 1. The van der Waals surface area contributed by atoms with Crippen LogP contribution < -0.4 is 4.74 Å². The lowest BCUT2D eigenvalue weighted by Gasteiger charge is -2.12. The first-order valence-corrected chi connectivity index (χ1v) is 10.9. The van der Waals surface area contributed by atoms with Crippen molar-refractivity contribution in [1.29, 1.82) is 0 Å². The highest BCUT2D eigenvalue weighted by Gasteiger charge is 2.35. The molecule has 1 aliphatic rings. The average molecular weight is 452 g/mol. The van der Waals surface area contributed by atoms with Gasteiger partial charge in [0.25, 0.3) is 11.1 Å². The van der Waals surface area contributed by atoms with E-state index < -0.39 is 5.97 Å². The molecular weight excluding hydrogens is 434 g/mol. The fourth-order valence-corrected chi connectivity index (χ4v) is 4.92. The van der Waals surface area contributed by atoms with Gasteiger partial charge in [-0.15, -0.1) is 11.3 Å². The maximum atomic E-state index is 12.8. The minimum Gasteiger partial charge on any atom is -0.497 e. The number of hydrogen-bond donors (Lipinski definition) is 1. The number of carboxylic acids is 1. The lowest BCUT2D eigenvalue weighted by Crippen LogP contribution is -2.27. The molecule has 156 valence electrons. The first-order chi connectivity index (χ1) is 14.9. The topological polar surface area (TPSA) is 83.9 Å². The second-order valence-electron chi connectivity index (χ2n) is 6.70. The fraction of sp³-hybridized carbons (Fsp3) is 0.0870. The predicted molar refractivity (Wildman–Crippen MR) is 121 cm³/mol. The molecule has 1 aromatic heterocycles. The van der Waals surface area contributed by atoms with Gasteiger partial charge in [0.15, 0.2) is 0 Å². The number of thiophene rings is 1. The van der Waals surface area contributed by atoms with Gasteiger partial charge in [-0.2, -0.15) is 0 Å². The van der Waals surface area contributed by atoms with Gasteiger partial charge in [-0.3, -0.25) is 14.5 Å². The molecule has 1 N–H and O–H groups in total. The number of rotatable bonds is 6. The van der Waals surface area contributed by atoms with Crippen LogP contribution in [0, 0.1) is 0 Å². The van der Waals surface area contributed by atoms with E-state index in [-0.39, 0.29) is 23.3 Å². The first kappa shape index (κ1) is 20.9. The van der Waals surface area contributed by atoms with E-state index in [2.05, 4.69) is 0 Å². The summed E-state index contributed by atoms with van der Waals surface area (Å²) in [4.78, 5) is 39.6. The van der Waals surface area contributed by atoms with Gasteiger partial charge >= 0.3 is 5.97 Å². The van der Waals surface area contributed by atoms with E-state index in [4.69, 9.17) is 4.74 Å². The van der Waals surface area contributed by atoms with Crippen molar-refractivity contribution in [3.05, 3.63) is 81.6 Å². The van der Waals surface area contributed by atoms with E-state index in [1.54, 1.807) is 43.5 Å². The summed E-state index contributed by atoms with van der Waals surface area (Å²) < 4.78 is 5.13.